The molecule has 0 heterocycles. The molecule has 0 aliphatic carbocycles. The minimum absolute atomic E-state index is 0.0645. The minimum Gasteiger partial charge on any atom is -0.462 e. The van der Waals surface area contributed by atoms with Gasteiger partial charge in [0.25, 0.3) is 0 Å². The highest BCUT2D eigenvalue weighted by atomic mass is 16.6. The molecule has 0 aliphatic heterocycles. The third-order valence-corrected chi connectivity index (χ3v) is 16.7. The molecule has 80 heavy (non-hydrogen) atoms. The molecule has 0 spiro atoms. The van der Waals surface area contributed by atoms with E-state index in [1.165, 1.54) is 308 Å². The van der Waals surface area contributed by atoms with Crippen LogP contribution in [-0.2, 0) is 28.6 Å². The molecule has 1 atom stereocenters. The minimum atomic E-state index is -0.769. The third-order valence-electron chi connectivity index (χ3n) is 16.7. The Kier molecular flexibility index (Phi) is 67.6. The van der Waals surface area contributed by atoms with Crippen molar-refractivity contribution in [2.75, 3.05) is 13.2 Å². The van der Waals surface area contributed by atoms with Gasteiger partial charge in [0.15, 0.2) is 6.10 Å². The van der Waals surface area contributed by atoms with Crippen molar-refractivity contribution >= 4 is 17.9 Å². The van der Waals surface area contributed by atoms with E-state index in [1.54, 1.807) is 0 Å². The molecule has 0 radical (unpaired) electrons. The molecule has 472 valence electrons. The zero-order chi connectivity index (χ0) is 57.8. The highest BCUT2D eigenvalue weighted by Crippen LogP contribution is 2.19. The summed E-state index contributed by atoms with van der Waals surface area (Å²) >= 11 is 0. The molecule has 1 unspecified atom stereocenters. The highest BCUT2D eigenvalue weighted by Gasteiger charge is 2.19. The van der Waals surface area contributed by atoms with Crippen LogP contribution in [0.3, 0.4) is 0 Å². The zero-order valence-electron chi connectivity index (χ0n) is 54.4. The van der Waals surface area contributed by atoms with Crippen LogP contribution >= 0.6 is 0 Å². The van der Waals surface area contributed by atoms with Gasteiger partial charge in [0.05, 0.1) is 0 Å². The van der Waals surface area contributed by atoms with Crippen LogP contribution in [0.1, 0.15) is 412 Å². The molecule has 0 saturated carbocycles. The van der Waals surface area contributed by atoms with Crippen molar-refractivity contribution in [3.05, 3.63) is 24.3 Å². The quantitative estimate of drug-likeness (QED) is 0.0261. The Hall–Kier alpha value is -2.11. The van der Waals surface area contributed by atoms with Crippen LogP contribution in [0.15, 0.2) is 24.3 Å². The molecule has 6 nitrogen and oxygen atoms in total. The summed E-state index contributed by atoms with van der Waals surface area (Å²) in [6.07, 6.45) is 84.9. The van der Waals surface area contributed by atoms with E-state index in [2.05, 4.69) is 45.1 Å². The SMILES string of the molecule is CCCCCCC/C=C\C/C=C\CCCCCCCCCCCCCC(=O)OCC(COC(=O)CCCCCCCCCCCCCCCCCCCC)OC(=O)CCCCCCCCCCCCCCCCCCCCCCC. The molecule has 0 saturated heterocycles. The fourth-order valence-corrected chi connectivity index (χ4v) is 11.2. The van der Waals surface area contributed by atoms with E-state index in [4.69, 9.17) is 14.2 Å². The number of allylic oxidation sites excluding steroid dienone is 4. The van der Waals surface area contributed by atoms with Crippen LogP contribution in [0.25, 0.3) is 0 Å². The number of hydrogen-bond donors (Lipinski definition) is 0. The zero-order valence-corrected chi connectivity index (χ0v) is 54.4. The van der Waals surface area contributed by atoms with Gasteiger partial charge < -0.3 is 14.2 Å². The maximum Gasteiger partial charge on any atom is 0.306 e. The van der Waals surface area contributed by atoms with Gasteiger partial charge in [0.2, 0.25) is 0 Å². The third kappa shape index (κ3) is 66.7. The Balaban J connectivity index is 4.29. The maximum absolute atomic E-state index is 13.0. The molecule has 0 amide bonds. The van der Waals surface area contributed by atoms with E-state index in [0.29, 0.717) is 19.3 Å². The smallest absolute Gasteiger partial charge is 0.306 e. The molecular formula is C74H140O6. The second-order valence-corrected chi connectivity index (χ2v) is 24.9. The fourth-order valence-electron chi connectivity index (χ4n) is 11.2. The predicted molar refractivity (Wildman–Crippen MR) is 349 cm³/mol. The summed E-state index contributed by atoms with van der Waals surface area (Å²) in [5.41, 5.74) is 0. The molecule has 6 heteroatoms. The van der Waals surface area contributed by atoms with E-state index < -0.39 is 6.10 Å². The van der Waals surface area contributed by atoms with Gasteiger partial charge in [-0.15, -0.1) is 0 Å². The molecular weight excluding hydrogens is 985 g/mol. The monoisotopic (exact) mass is 1130 g/mol. The summed E-state index contributed by atoms with van der Waals surface area (Å²) in [5, 5.41) is 0. The molecule has 0 aromatic heterocycles. The van der Waals surface area contributed by atoms with Gasteiger partial charge in [0, 0.05) is 19.3 Å². The van der Waals surface area contributed by atoms with Gasteiger partial charge in [-0.05, 0) is 51.4 Å². The molecule has 0 aliphatic rings. The number of unbranched alkanes of at least 4 members (excludes halogenated alkanes) is 53. The van der Waals surface area contributed by atoms with E-state index in [-0.39, 0.29) is 31.1 Å². The van der Waals surface area contributed by atoms with Crippen molar-refractivity contribution in [3.63, 3.8) is 0 Å². The summed E-state index contributed by atoms with van der Waals surface area (Å²) in [6.45, 7) is 6.73. The van der Waals surface area contributed by atoms with Gasteiger partial charge in [-0.25, -0.2) is 0 Å². The van der Waals surface area contributed by atoms with E-state index in [0.717, 1.165) is 64.2 Å². The molecule has 0 rings (SSSR count). The number of carbonyl (C=O) groups is 3. The van der Waals surface area contributed by atoms with Crippen LogP contribution < -0.4 is 0 Å². The first kappa shape index (κ1) is 77.9. The van der Waals surface area contributed by atoms with Crippen molar-refractivity contribution in [1.82, 2.24) is 0 Å². The lowest BCUT2D eigenvalue weighted by Gasteiger charge is -2.18. The molecule has 0 fully saturated rings. The number of carbonyl (C=O) groups excluding carboxylic acids is 3. The van der Waals surface area contributed by atoms with Gasteiger partial charge in [-0.3, -0.25) is 14.4 Å². The Morgan fingerprint density at radius 2 is 0.450 bits per heavy atom. The first-order valence-corrected chi connectivity index (χ1v) is 36.3. The highest BCUT2D eigenvalue weighted by molar-refractivity contribution is 5.71. The number of hydrogen-bond acceptors (Lipinski definition) is 6. The predicted octanol–water partition coefficient (Wildman–Crippen LogP) is 25.0. The molecule has 0 aromatic carbocycles. The first-order chi connectivity index (χ1) is 39.5. The molecule has 0 aromatic rings. The van der Waals surface area contributed by atoms with Crippen molar-refractivity contribution < 1.29 is 28.6 Å². The summed E-state index contributed by atoms with van der Waals surface area (Å²) in [5.74, 6) is -0.830. The van der Waals surface area contributed by atoms with E-state index in [9.17, 15) is 14.4 Å². The second kappa shape index (κ2) is 69.4. The average molecular weight is 1130 g/mol. The number of rotatable bonds is 68. The normalized spacial score (nSPS) is 12.1. The van der Waals surface area contributed by atoms with E-state index in [1.807, 2.05) is 0 Å². The number of ether oxygens (including phenoxy) is 3. The summed E-state index contributed by atoms with van der Waals surface area (Å²) in [7, 11) is 0. The van der Waals surface area contributed by atoms with E-state index >= 15 is 0 Å². The Morgan fingerprint density at radius 1 is 0.250 bits per heavy atom. The second-order valence-electron chi connectivity index (χ2n) is 24.9. The Labute approximate surface area is 500 Å². The Bertz CT molecular complexity index is 1290. The lowest BCUT2D eigenvalue weighted by Crippen LogP contribution is -2.30. The Morgan fingerprint density at radius 3 is 0.688 bits per heavy atom. The molecule has 0 bridgehead atoms. The van der Waals surface area contributed by atoms with Gasteiger partial charge in [-0.2, -0.15) is 0 Å². The van der Waals surface area contributed by atoms with Crippen LogP contribution in [-0.4, -0.2) is 37.2 Å². The largest absolute Gasteiger partial charge is 0.462 e. The number of esters is 3. The van der Waals surface area contributed by atoms with Crippen LogP contribution in [0.4, 0.5) is 0 Å². The van der Waals surface area contributed by atoms with Crippen LogP contribution in [0.2, 0.25) is 0 Å². The lowest BCUT2D eigenvalue weighted by atomic mass is 10.0. The summed E-state index contributed by atoms with van der Waals surface area (Å²) in [4.78, 5) is 38.5. The van der Waals surface area contributed by atoms with Crippen LogP contribution in [0, 0.1) is 0 Å². The summed E-state index contributed by atoms with van der Waals surface area (Å²) in [6, 6.07) is 0. The van der Waals surface area contributed by atoms with Gasteiger partial charge in [0.1, 0.15) is 13.2 Å². The van der Waals surface area contributed by atoms with Crippen LogP contribution in [0.5, 0.6) is 0 Å². The van der Waals surface area contributed by atoms with Crippen molar-refractivity contribution in [2.45, 2.75) is 419 Å². The average Bonchev–Trinajstić information content (AvgIpc) is 3.46. The maximum atomic E-state index is 13.0. The first-order valence-electron chi connectivity index (χ1n) is 36.3. The van der Waals surface area contributed by atoms with Crippen molar-refractivity contribution in [2.24, 2.45) is 0 Å². The van der Waals surface area contributed by atoms with Gasteiger partial charge in [-0.1, -0.05) is 366 Å². The molecule has 0 N–H and O–H groups in total. The van der Waals surface area contributed by atoms with Crippen molar-refractivity contribution in [1.29, 1.82) is 0 Å². The topological polar surface area (TPSA) is 78.9 Å². The van der Waals surface area contributed by atoms with Crippen molar-refractivity contribution in [3.8, 4) is 0 Å². The van der Waals surface area contributed by atoms with Gasteiger partial charge >= 0.3 is 17.9 Å². The summed E-state index contributed by atoms with van der Waals surface area (Å²) < 4.78 is 17.0. The fraction of sp³-hybridized carbons (Fsp3) is 0.905. The lowest BCUT2D eigenvalue weighted by molar-refractivity contribution is -0.167. The standard InChI is InChI=1S/C74H140O6/c1-4-7-10-13-16-19-22-25-28-31-34-36-37-39-40-43-46-49-52-55-58-61-64-67-73(76)79-70-71(69-78-72(75)66-63-60-57-54-51-48-45-42-33-30-27-24-21-18-15-12-9-6-3)80-74(77)68-65-62-59-56-53-50-47-44-41-38-35-32-29-26-23-20-17-14-11-8-5-2/h22,25,31,34,71H,4-21,23-24,26-30,32-33,35-70H2,1-3H3/b25-22-,34-31-.